The summed E-state index contributed by atoms with van der Waals surface area (Å²) < 4.78 is 11.7. The summed E-state index contributed by atoms with van der Waals surface area (Å²) in [5, 5.41) is 2.81. The molecule has 138 valence electrons. The molecule has 0 spiro atoms. The van der Waals surface area contributed by atoms with E-state index in [-0.39, 0.29) is 18.6 Å². The molecule has 0 radical (unpaired) electrons. The van der Waals surface area contributed by atoms with Gasteiger partial charge < -0.3 is 14.8 Å². The first-order chi connectivity index (χ1) is 12.5. The van der Waals surface area contributed by atoms with Gasteiger partial charge in [0.2, 0.25) is 0 Å². The molecule has 6 heteroatoms. The highest BCUT2D eigenvalue weighted by Crippen LogP contribution is 2.16. The van der Waals surface area contributed by atoms with Crippen LogP contribution in [0.3, 0.4) is 0 Å². The lowest BCUT2D eigenvalue weighted by Gasteiger charge is -2.17. The number of esters is 1. The van der Waals surface area contributed by atoms with Crippen LogP contribution in [0.2, 0.25) is 0 Å². The number of halogens is 1. The molecule has 2 rings (SSSR count). The third kappa shape index (κ3) is 6.19. The highest BCUT2D eigenvalue weighted by atomic mass is 79.9. The van der Waals surface area contributed by atoms with Crippen LogP contribution in [0.4, 0.5) is 0 Å². The van der Waals surface area contributed by atoms with Gasteiger partial charge in [0.05, 0.1) is 6.04 Å². The minimum Gasteiger partial charge on any atom is -0.479 e. The molecule has 0 saturated heterocycles. The van der Waals surface area contributed by atoms with Crippen molar-refractivity contribution in [2.45, 2.75) is 32.4 Å². The molecule has 26 heavy (non-hydrogen) atoms. The number of rotatable bonds is 8. The van der Waals surface area contributed by atoms with Gasteiger partial charge in [-0.25, -0.2) is 4.79 Å². The number of carbonyl (C=O) groups excluding carboxylic acids is 2. The second kappa shape index (κ2) is 9.97. The fraction of sp³-hybridized carbons (Fsp3) is 0.300. The Morgan fingerprint density at radius 1 is 1.08 bits per heavy atom. The van der Waals surface area contributed by atoms with Crippen molar-refractivity contribution < 1.29 is 19.1 Å². The predicted octanol–water partition coefficient (Wildman–Crippen LogP) is 4.03. The number of benzene rings is 2. The van der Waals surface area contributed by atoms with Crippen molar-refractivity contribution in [3.05, 3.63) is 64.6 Å². The summed E-state index contributed by atoms with van der Waals surface area (Å²) in [5.41, 5.74) is 0.965. The normalized spacial score (nSPS) is 12.7. The maximum absolute atomic E-state index is 12.1. The van der Waals surface area contributed by atoms with Crippen LogP contribution in [0.5, 0.6) is 5.75 Å². The maximum atomic E-state index is 12.1. The Morgan fingerprint density at radius 2 is 1.73 bits per heavy atom. The van der Waals surface area contributed by atoms with E-state index in [1.165, 1.54) is 0 Å². The first-order valence-corrected chi connectivity index (χ1v) is 9.22. The van der Waals surface area contributed by atoms with Gasteiger partial charge in [0.15, 0.2) is 12.7 Å². The topological polar surface area (TPSA) is 64.6 Å². The minimum absolute atomic E-state index is 0.183. The second-order valence-electron chi connectivity index (χ2n) is 5.78. The number of hydrogen-bond acceptors (Lipinski definition) is 4. The van der Waals surface area contributed by atoms with Gasteiger partial charge in [-0.2, -0.15) is 0 Å². The van der Waals surface area contributed by atoms with Crippen molar-refractivity contribution in [2.24, 2.45) is 0 Å². The zero-order chi connectivity index (χ0) is 18.9. The van der Waals surface area contributed by atoms with Gasteiger partial charge in [0, 0.05) is 4.47 Å². The number of nitrogens with one attached hydrogen (secondary N) is 1. The third-order valence-electron chi connectivity index (χ3n) is 3.75. The van der Waals surface area contributed by atoms with Crippen LogP contribution in [-0.4, -0.2) is 24.6 Å². The molecule has 0 saturated carbocycles. The van der Waals surface area contributed by atoms with E-state index in [4.69, 9.17) is 9.47 Å². The average molecular weight is 420 g/mol. The number of para-hydroxylation sites is 1. The summed E-state index contributed by atoms with van der Waals surface area (Å²) in [6.07, 6.45) is -0.293. The van der Waals surface area contributed by atoms with E-state index >= 15 is 0 Å². The van der Waals surface area contributed by atoms with Crippen molar-refractivity contribution in [3.63, 3.8) is 0 Å². The minimum atomic E-state index is -0.742. The molecule has 1 N–H and O–H groups in total. The van der Waals surface area contributed by atoms with Crippen molar-refractivity contribution in [1.82, 2.24) is 5.32 Å². The summed E-state index contributed by atoms with van der Waals surface area (Å²) in [7, 11) is 0. The lowest BCUT2D eigenvalue weighted by Crippen LogP contribution is -2.35. The van der Waals surface area contributed by atoms with Gasteiger partial charge in [-0.05, 0) is 43.2 Å². The van der Waals surface area contributed by atoms with E-state index in [9.17, 15) is 9.59 Å². The third-order valence-corrected chi connectivity index (χ3v) is 4.28. The number of amides is 1. The van der Waals surface area contributed by atoms with Gasteiger partial charge >= 0.3 is 5.97 Å². The van der Waals surface area contributed by atoms with Gasteiger partial charge in [-0.15, -0.1) is 0 Å². The molecule has 0 heterocycles. The predicted molar refractivity (Wildman–Crippen MR) is 103 cm³/mol. The molecule has 0 fully saturated rings. The zero-order valence-electron chi connectivity index (χ0n) is 14.8. The Hall–Kier alpha value is -2.34. The molecule has 0 bridgehead atoms. The van der Waals surface area contributed by atoms with Gasteiger partial charge in [0.25, 0.3) is 5.91 Å². The van der Waals surface area contributed by atoms with Crippen LogP contribution < -0.4 is 10.1 Å². The van der Waals surface area contributed by atoms with Gasteiger partial charge in [0.1, 0.15) is 5.75 Å². The quantitative estimate of drug-likeness (QED) is 0.655. The van der Waals surface area contributed by atoms with Crippen molar-refractivity contribution in [2.75, 3.05) is 6.61 Å². The molecular weight excluding hydrogens is 398 g/mol. The zero-order valence-corrected chi connectivity index (χ0v) is 16.4. The molecule has 5 nitrogen and oxygen atoms in total. The Labute approximate surface area is 161 Å². The van der Waals surface area contributed by atoms with E-state index < -0.39 is 12.1 Å². The molecule has 2 atom stereocenters. The van der Waals surface area contributed by atoms with E-state index in [1.54, 1.807) is 12.1 Å². The second-order valence-corrected chi connectivity index (χ2v) is 6.69. The monoisotopic (exact) mass is 419 g/mol. The Balaban J connectivity index is 1.81. The SMILES string of the molecule is CC[C@@H](Oc1ccccc1)C(=O)OCC(=O)N[C@@H](C)c1ccc(Br)cc1. The number of carbonyl (C=O) groups is 2. The molecule has 0 unspecified atom stereocenters. The van der Waals surface area contributed by atoms with Crippen molar-refractivity contribution in [1.29, 1.82) is 0 Å². The van der Waals surface area contributed by atoms with Crippen LogP contribution in [0, 0.1) is 0 Å². The Morgan fingerprint density at radius 3 is 2.35 bits per heavy atom. The van der Waals surface area contributed by atoms with Gasteiger partial charge in [-0.3, -0.25) is 4.79 Å². The number of ether oxygens (including phenoxy) is 2. The molecular formula is C20H22BrNO4. The van der Waals surface area contributed by atoms with Crippen LogP contribution in [0.15, 0.2) is 59.1 Å². The molecule has 2 aromatic carbocycles. The maximum Gasteiger partial charge on any atom is 0.347 e. The highest BCUT2D eigenvalue weighted by Gasteiger charge is 2.21. The van der Waals surface area contributed by atoms with Crippen LogP contribution in [-0.2, 0) is 14.3 Å². The molecule has 1 amide bonds. The van der Waals surface area contributed by atoms with Crippen LogP contribution in [0.25, 0.3) is 0 Å². The van der Waals surface area contributed by atoms with Gasteiger partial charge in [-0.1, -0.05) is 53.2 Å². The Kier molecular flexibility index (Phi) is 7.66. The highest BCUT2D eigenvalue weighted by molar-refractivity contribution is 9.10. The lowest BCUT2D eigenvalue weighted by atomic mass is 10.1. The lowest BCUT2D eigenvalue weighted by molar-refractivity contribution is -0.155. The van der Waals surface area contributed by atoms with E-state index in [1.807, 2.05) is 56.3 Å². The number of hydrogen-bond donors (Lipinski definition) is 1. The molecule has 0 aliphatic rings. The first-order valence-electron chi connectivity index (χ1n) is 8.42. The first kappa shape index (κ1) is 20.0. The summed E-state index contributed by atoms with van der Waals surface area (Å²) in [5.74, 6) is -0.323. The molecule has 0 aliphatic carbocycles. The smallest absolute Gasteiger partial charge is 0.347 e. The van der Waals surface area contributed by atoms with Crippen molar-refractivity contribution in [3.8, 4) is 5.75 Å². The van der Waals surface area contributed by atoms with Crippen LogP contribution in [0.1, 0.15) is 31.9 Å². The molecule has 0 aliphatic heterocycles. The summed E-state index contributed by atoms with van der Waals surface area (Å²) in [6, 6.07) is 16.5. The molecule has 0 aromatic heterocycles. The van der Waals surface area contributed by atoms with E-state index in [0.717, 1.165) is 10.0 Å². The fourth-order valence-corrected chi connectivity index (χ4v) is 2.57. The average Bonchev–Trinajstić information content (AvgIpc) is 2.65. The van der Waals surface area contributed by atoms with E-state index in [0.29, 0.717) is 12.2 Å². The van der Waals surface area contributed by atoms with Crippen molar-refractivity contribution >= 4 is 27.8 Å². The summed E-state index contributed by atoms with van der Waals surface area (Å²) in [4.78, 5) is 24.2. The Bertz CT molecular complexity index is 718. The van der Waals surface area contributed by atoms with Crippen LogP contribution >= 0.6 is 15.9 Å². The largest absolute Gasteiger partial charge is 0.479 e. The summed E-state index contributed by atoms with van der Waals surface area (Å²) in [6.45, 7) is 3.36. The standard InChI is InChI=1S/C20H22BrNO4/c1-3-18(26-17-7-5-4-6-8-17)20(24)25-13-19(23)22-14(2)15-9-11-16(21)12-10-15/h4-12,14,18H,3,13H2,1-2H3,(H,22,23)/t14-,18+/m0/s1. The van der Waals surface area contributed by atoms with E-state index in [2.05, 4.69) is 21.2 Å². The summed E-state index contributed by atoms with van der Waals surface area (Å²) >= 11 is 3.37. The molecule has 2 aromatic rings. The fourth-order valence-electron chi connectivity index (χ4n) is 2.31.